The van der Waals surface area contributed by atoms with Gasteiger partial charge in [0.1, 0.15) is 11.4 Å². The molecule has 0 saturated carbocycles. The minimum atomic E-state index is -0.641. The monoisotopic (exact) mass is 401 g/mol. The van der Waals surface area contributed by atoms with Crippen molar-refractivity contribution in [2.75, 3.05) is 17.7 Å². The van der Waals surface area contributed by atoms with Crippen LogP contribution in [0.1, 0.15) is 31.9 Å². The zero-order valence-corrected chi connectivity index (χ0v) is 17.0. The van der Waals surface area contributed by atoms with Crippen LogP contribution in [0.2, 0.25) is 0 Å². The van der Waals surface area contributed by atoms with Gasteiger partial charge in [-0.15, -0.1) is 0 Å². The number of amides is 3. The van der Waals surface area contributed by atoms with Crippen LogP contribution in [-0.4, -0.2) is 29.9 Å². The average molecular weight is 401 g/mol. The Hall–Kier alpha value is -3.26. The molecular weight excluding hydrogens is 374 g/mol. The molecule has 3 amide bonds. The van der Waals surface area contributed by atoms with Crippen LogP contribution >= 0.6 is 0 Å². The van der Waals surface area contributed by atoms with Crippen molar-refractivity contribution >= 4 is 23.5 Å². The number of ether oxygens (including phenoxy) is 2. The maximum absolute atomic E-state index is 12.2. The van der Waals surface area contributed by atoms with Crippen molar-refractivity contribution in [2.45, 2.75) is 39.5 Å². The van der Waals surface area contributed by atoms with E-state index < -0.39 is 17.7 Å². The van der Waals surface area contributed by atoms with E-state index in [0.29, 0.717) is 17.1 Å². The summed E-state index contributed by atoms with van der Waals surface area (Å²) in [6.07, 6.45) is -0.627. The van der Waals surface area contributed by atoms with Crippen molar-refractivity contribution in [3.63, 3.8) is 0 Å². The largest absolute Gasteiger partial charge is 0.495 e. The number of carbonyl (C=O) groups is 2. The Bertz CT molecular complexity index is 862. The van der Waals surface area contributed by atoms with E-state index in [1.807, 2.05) is 18.2 Å². The van der Waals surface area contributed by atoms with E-state index in [0.717, 1.165) is 11.1 Å². The molecular formula is C21H27N3O5. The third-order valence-corrected chi connectivity index (χ3v) is 3.82. The first-order chi connectivity index (χ1) is 13.7. The summed E-state index contributed by atoms with van der Waals surface area (Å²) in [7, 11) is 1.48. The van der Waals surface area contributed by atoms with Crippen LogP contribution in [0.15, 0.2) is 42.5 Å². The second-order valence-corrected chi connectivity index (χ2v) is 7.28. The van der Waals surface area contributed by atoms with Crippen molar-refractivity contribution in [1.82, 2.24) is 5.32 Å². The fourth-order valence-corrected chi connectivity index (χ4v) is 2.53. The first-order valence-electron chi connectivity index (χ1n) is 9.12. The van der Waals surface area contributed by atoms with Crippen LogP contribution in [0.3, 0.4) is 0 Å². The van der Waals surface area contributed by atoms with E-state index in [-0.39, 0.29) is 13.2 Å². The van der Waals surface area contributed by atoms with Gasteiger partial charge >= 0.3 is 12.1 Å². The average Bonchev–Trinajstić information content (AvgIpc) is 2.65. The Morgan fingerprint density at radius 2 is 1.72 bits per heavy atom. The van der Waals surface area contributed by atoms with E-state index in [2.05, 4.69) is 16.0 Å². The molecule has 0 fully saturated rings. The molecule has 2 rings (SSSR count). The highest BCUT2D eigenvalue weighted by atomic mass is 16.6. The van der Waals surface area contributed by atoms with Crippen molar-refractivity contribution in [3.8, 4) is 5.75 Å². The van der Waals surface area contributed by atoms with Gasteiger partial charge in [-0.1, -0.05) is 24.3 Å². The molecule has 8 heteroatoms. The fourth-order valence-electron chi connectivity index (χ4n) is 2.53. The van der Waals surface area contributed by atoms with E-state index in [4.69, 9.17) is 9.47 Å². The van der Waals surface area contributed by atoms with Crippen molar-refractivity contribution in [2.24, 2.45) is 0 Å². The van der Waals surface area contributed by atoms with Crippen LogP contribution in [-0.2, 0) is 17.9 Å². The maximum atomic E-state index is 12.2. The first-order valence-corrected chi connectivity index (χ1v) is 9.12. The van der Waals surface area contributed by atoms with E-state index in [1.165, 1.54) is 7.11 Å². The normalized spacial score (nSPS) is 10.8. The molecule has 0 bridgehead atoms. The fraction of sp³-hybridized carbons (Fsp3) is 0.333. The molecule has 0 aliphatic carbocycles. The molecule has 4 N–H and O–H groups in total. The molecule has 0 saturated heterocycles. The van der Waals surface area contributed by atoms with Crippen LogP contribution in [0.25, 0.3) is 0 Å². The van der Waals surface area contributed by atoms with E-state index in [9.17, 15) is 14.7 Å². The lowest BCUT2D eigenvalue weighted by Crippen LogP contribution is -2.29. The predicted octanol–water partition coefficient (Wildman–Crippen LogP) is 3.86. The van der Waals surface area contributed by atoms with Crippen molar-refractivity contribution in [3.05, 3.63) is 53.6 Å². The smallest absolute Gasteiger partial charge is 0.412 e. The number of methoxy groups -OCH3 is 1. The molecule has 0 unspecified atom stereocenters. The van der Waals surface area contributed by atoms with Gasteiger partial charge in [-0.2, -0.15) is 0 Å². The molecule has 8 nitrogen and oxygen atoms in total. The third kappa shape index (κ3) is 7.00. The van der Waals surface area contributed by atoms with Gasteiger partial charge in [-0.05, 0) is 50.1 Å². The highest BCUT2D eigenvalue weighted by Crippen LogP contribution is 2.28. The van der Waals surface area contributed by atoms with Gasteiger partial charge in [0.15, 0.2) is 0 Å². The van der Waals surface area contributed by atoms with Gasteiger partial charge in [0.05, 0.1) is 19.4 Å². The highest BCUT2D eigenvalue weighted by Gasteiger charge is 2.18. The topological polar surface area (TPSA) is 109 Å². The SMILES string of the molecule is COc1ccc(NC(=O)NCc2ccccc2CO)cc1NC(=O)OC(C)(C)C. The number of urea groups is 1. The second kappa shape index (κ2) is 9.79. The minimum Gasteiger partial charge on any atom is -0.495 e. The Balaban J connectivity index is 2.03. The number of aliphatic hydroxyl groups excluding tert-OH is 1. The summed E-state index contributed by atoms with van der Waals surface area (Å²) < 4.78 is 10.5. The summed E-state index contributed by atoms with van der Waals surface area (Å²) in [6.45, 7) is 5.46. The Labute approximate surface area is 170 Å². The number of hydrogen-bond acceptors (Lipinski definition) is 5. The molecule has 0 radical (unpaired) electrons. The molecule has 0 atom stereocenters. The second-order valence-electron chi connectivity index (χ2n) is 7.28. The van der Waals surface area contributed by atoms with Crippen molar-refractivity contribution < 1.29 is 24.2 Å². The van der Waals surface area contributed by atoms with Crippen LogP contribution < -0.4 is 20.7 Å². The Morgan fingerprint density at radius 1 is 1.03 bits per heavy atom. The number of nitrogens with one attached hydrogen (secondary N) is 3. The van der Waals surface area contributed by atoms with E-state index >= 15 is 0 Å². The summed E-state index contributed by atoms with van der Waals surface area (Å²) in [4.78, 5) is 24.3. The van der Waals surface area contributed by atoms with Gasteiger partial charge < -0.3 is 25.2 Å². The molecule has 156 valence electrons. The zero-order chi connectivity index (χ0) is 21.4. The molecule has 0 aromatic heterocycles. The Morgan fingerprint density at radius 3 is 2.34 bits per heavy atom. The lowest BCUT2D eigenvalue weighted by molar-refractivity contribution is 0.0635. The van der Waals surface area contributed by atoms with Crippen LogP contribution in [0.4, 0.5) is 21.0 Å². The molecule has 2 aromatic carbocycles. The summed E-state index contributed by atoms with van der Waals surface area (Å²) in [5, 5.41) is 17.4. The summed E-state index contributed by atoms with van der Waals surface area (Å²) in [5.41, 5.74) is 1.76. The molecule has 29 heavy (non-hydrogen) atoms. The molecule has 0 aliphatic heterocycles. The van der Waals surface area contributed by atoms with Gasteiger partial charge in [0.2, 0.25) is 0 Å². The predicted molar refractivity (Wildman–Crippen MR) is 111 cm³/mol. The standard InChI is InChI=1S/C21H27N3O5/c1-21(2,3)29-20(27)24-17-11-16(9-10-18(17)28-4)23-19(26)22-12-14-7-5-6-8-15(14)13-25/h5-11,25H,12-13H2,1-4H3,(H,24,27)(H2,22,23,26). The lowest BCUT2D eigenvalue weighted by Gasteiger charge is -2.20. The number of hydrogen-bond donors (Lipinski definition) is 4. The van der Waals surface area contributed by atoms with Crippen LogP contribution in [0.5, 0.6) is 5.75 Å². The number of carbonyl (C=O) groups excluding carboxylic acids is 2. The van der Waals surface area contributed by atoms with Crippen molar-refractivity contribution in [1.29, 1.82) is 0 Å². The summed E-state index contributed by atoms with van der Waals surface area (Å²) in [5.74, 6) is 0.429. The third-order valence-electron chi connectivity index (χ3n) is 3.82. The summed E-state index contributed by atoms with van der Waals surface area (Å²) >= 11 is 0. The molecule has 0 aliphatic rings. The number of benzene rings is 2. The first kappa shape index (κ1) is 22.0. The quantitative estimate of drug-likeness (QED) is 0.588. The lowest BCUT2D eigenvalue weighted by atomic mass is 10.1. The van der Waals surface area contributed by atoms with Crippen LogP contribution in [0, 0.1) is 0 Å². The molecule has 0 spiro atoms. The zero-order valence-electron chi connectivity index (χ0n) is 17.0. The Kier molecular flexibility index (Phi) is 7.44. The van der Waals surface area contributed by atoms with Gasteiger partial charge in [-0.3, -0.25) is 5.32 Å². The number of aliphatic hydroxyl groups is 1. The van der Waals surface area contributed by atoms with E-state index in [1.54, 1.807) is 45.0 Å². The highest BCUT2D eigenvalue weighted by molar-refractivity contribution is 5.92. The maximum Gasteiger partial charge on any atom is 0.412 e. The number of anilines is 2. The van der Waals surface area contributed by atoms with Gasteiger partial charge in [-0.25, -0.2) is 9.59 Å². The minimum absolute atomic E-state index is 0.0996. The molecule has 0 heterocycles. The summed E-state index contributed by atoms with van der Waals surface area (Å²) in [6, 6.07) is 11.7. The number of rotatable bonds is 6. The van der Waals surface area contributed by atoms with Gasteiger partial charge in [0.25, 0.3) is 0 Å². The molecule has 2 aromatic rings. The van der Waals surface area contributed by atoms with Gasteiger partial charge in [0, 0.05) is 12.2 Å².